The molecule has 0 saturated heterocycles. The van der Waals surface area contributed by atoms with Gasteiger partial charge in [-0.05, 0) is 54.3 Å². The molecule has 1 heterocycles. The van der Waals surface area contributed by atoms with Crippen molar-refractivity contribution in [2.75, 3.05) is 13.7 Å². The minimum atomic E-state index is -4.01. The van der Waals surface area contributed by atoms with E-state index in [2.05, 4.69) is 0 Å². The van der Waals surface area contributed by atoms with Gasteiger partial charge in [0.15, 0.2) is 0 Å². The van der Waals surface area contributed by atoms with E-state index in [-0.39, 0.29) is 4.90 Å². The van der Waals surface area contributed by atoms with Gasteiger partial charge in [-0.25, -0.2) is 0 Å². The van der Waals surface area contributed by atoms with Crippen LogP contribution in [0.4, 0.5) is 0 Å². The summed E-state index contributed by atoms with van der Waals surface area (Å²) in [5, 5.41) is 12.2. The van der Waals surface area contributed by atoms with Crippen molar-refractivity contribution in [2.24, 2.45) is 0 Å². The number of aryl methyl sites for hydroxylation is 1. The number of aliphatic hydroxyl groups is 1. The van der Waals surface area contributed by atoms with Gasteiger partial charge < -0.3 is 14.4 Å². The quantitative estimate of drug-likeness (QED) is 0.404. The van der Waals surface area contributed by atoms with E-state index in [1.165, 1.54) is 12.1 Å². The summed E-state index contributed by atoms with van der Waals surface area (Å²) >= 11 is 0. The topological polar surface area (TPSA) is 77.8 Å². The molecule has 0 aliphatic carbocycles. The zero-order valence-corrected chi connectivity index (χ0v) is 18.7. The third-order valence-electron chi connectivity index (χ3n) is 5.43. The van der Waals surface area contributed by atoms with Crippen LogP contribution in [-0.2, 0) is 14.3 Å². The number of aliphatic hydroxyl groups excluding tert-OH is 1. The van der Waals surface area contributed by atoms with Crippen LogP contribution in [0.3, 0.4) is 0 Å². The number of rotatable bonds is 8. The number of methoxy groups -OCH3 is 1. The van der Waals surface area contributed by atoms with Crippen LogP contribution in [0.5, 0.6) is 5.75 Å². The number of aromatic nitrogens is 1. The lowest BCUT2D eigenvalue weighted by molar-refractivity contribution is 0.0784. The molecular weight excluding hydrogens is 426 g/mol. The van der Waals surface area contributed by atoms with Crippen molar-refractivity contribution in [3.8, 4) is 5.75 Å². The third kappa shape index (κ3) is 4.55. The Labute approximate surface area is 187 Å². The predicted octanol–water partition coefficient (Wildman–Crippen LogP) is 4.31. The number of hydrogen-bond acceptors (Lipinski definition) is 5. The third-order valence-corrected chi connectivity index (χ3v) is 6.73. The first-order valence-electron chi connectivity index (χ1n) is 10.2. The summed E-state index contributed by atoms with van der Waals surface area (Å²) in [7, 11) is -2.43. The van der Waals surface area contributed by atoms with E-state index in [4.69, 9.17) is 8.92 Å². The van der Waals surface area contributed by atoms with Gasteiger partial charge in [0.1, 0.15) is 11.9 Å². The zero-order valence-electron chi connectivity index (χ0n) is 17.9. The van der Waals surface area contributed by atoms with E-state index in [1.54, 1.807) is 19.2 Å². The van der Waals surface area contributed by atoms with Gasteiger partial charge in [-0.15, -0.1) is 0 Å². The summed E-state index contributed by atoms with van der Waals surface area (Å²) in [5.74, 6) is 0.643. The molecule has 0 fully saturated rings. The van der Waals surface area contributed by atoms with E-state index < -0.39 is 28.9 Å². The molecule has 0 aliphatic heterocycles. The second-order valence-electron chi connectivity index (χ2n) is 7.62. The Morgan fingerprint density at radius 1 is 0.969 bits per heavy atom. The number of nitrogens with zero attached hydrogens (tertiary/aromatic N) is 1. The molecule has 0 unspecified atom stereocenters. The largest absolute Gasteiger partial charge is 0.497 e. The highest BCUT2D eigenvalue weighted by Crippen LogP contribution is 2.30. The Bertz CT molecular complexity index is 1310. The number of fused-ring (bicyclic) bond motifs is 1. The van der Waals surface area contributed by atoms with Crippen molar-refractivity contribution >= 4 is 21.0 Å². The average molecular weight is 452 g/mol. The van der Waals surface area contributed by atoms with Gasteiger partial charge in [-0.3, -0.25) is 4.18 Å². The van der Waals surface area contributed by atoms with E-state index in [0.29, 0.717) is 5.75 Å². The van der Waals surface area contributed by atoms with Gasteiger partial charge in [-0.2, -0.15) is 8.42 Å². The van der Waals surface area contributed by atoms with E-state index in [0.717, 1.165) is 22.0 Å². The molecule has 7 heteroatoms. The maximum atomic E-state index is 12.6. The van der Waals surface area contributed by atoms with Gasteiger partial charge in [0.2, 0.25) is 0 Å². The zero-order chi connectivity index (χ0) is 22.7. The molecule has 32 heavy (non-hydrogen) atoms. The summed E-state index contributed by atoms with van der Waals surface area (Å²) in [5.41, 5.74) is 2.64. The lowest BCUT2D eigenvalue weighted by atomic mass is 10.0. The van der Waals surface area contributed by atoms with Crippen LogP contribution in [0.15, 0.2) is 90.0 Å². The molecule has 4 rings (SSSR count). The first-order valence-corrected chi connectivity index (χ1v) is 11.6. The molecule has 1 N–H and O–H groups in total. The molecule has 0 saturated carbocycles. The van der Waals surface area contributed by atoms with E-state index >= 15 is 0 Å². The van der Waals surface area contributed by atoms with Crippen molar-refractivity contribution in [1.82, 2.24) is 4.57 Å². The minimum Gasteiger partial charge on any atom is -0.497 e. The first-order chi connectivity index (χ1) is 15.4. The molecule has 0 aliphatic rings. The summed E-state index contributed by atoms with van der Waals surface area (Å²) in [6, 6.07) is 22.9. The van der Waals surface area contributed by atoms with Crippen molar-refractivity contribution in [3.63, 3.8) is 0 Å². The lowest BCUT2D eigenvalue weighted by Crippen LogP contribution is -2.30. The Morgan fingerprint density at radius 3 is 2.47 bits per heavy atom. The lowest BCUT2D eigenvalue weighted by Gasteiger charge is -2.26. The normalized spacial score (nSPS) is 13.7. The fourth-order valence-electron chi connectivity index (χ4n) is 3.76. The Kier molecular flexibility index (Phi) is 6.32. The fourth-order valence-corrected chi connectivity index (χ4v) is 4.69. The summed E-state index contributed by atoms with van der Waals surface area (Å²) < 4.78 is 37.8. The fraction of sp³-hybridized carbons (Fsp3) is 0.200. The van der Waals surface area contributed by atoms with Gasteiger partial charge in [-0.1, -0.05) is 48.0 Å². The highest BCUT2D eigenvalue weighted by Gasteiger charge is 2.27. The van der Waals surface area contributed by atoms with E-state index in [1.807, 2.05) is 72.3 Å². The Morgan fingerprint density at radius 2 is 1.72 bits per heavy atom. The monoisotopic (exact) mass is 451 g/mol. The molecule has 0 radical (unpaired) electrons. The summed E-state index contributed by atoms with van der Waals surface area (Å²) in [4.78, 5) is 0.0552. The van der Waals surface area contributed by atoms with Crippen LogP contribution >= 0.6 is 0 Å². The molecule has 0 spiro atoms. The molecule has 0 bridgehead atoms. The smallest absolute Gasteiger partial charge is 0.297 e. The molecular formula is C25H25NO5S. The van der Waals surface area contributed by atoms with Crippen LogP contribution < -0.4 is 4.74 Å². The van der Waals surface area contributed by atoms with Gasteiger partial charge in [0.25, 0.3) is 10.1 Å². The van der Waals surface area contributed by atoms with Gasteiger partial charge in [0.05, 0.1) is 24.7 Å². The molecule has 4 aromatic rings. The maximum Gasteiger partial charge on any atom is 0.297 e. The van der Waals surface area contributed by atoms with Crippen LogP contribution in [0.25, 0.3) is 10.9 Å². The van der Waals surface area contributed by atoms with Crippen LogP contribution in [0.2, 0.25) is 0 Å². The summed E-state index contributed by atoms with van der Waals surface area (Å²) in [6.45, 7) is 1.48. The summed E-state index contributed by atoms with van der Waals surface area (Å²) in [6.07, 6.45) is 0.741. The van der Waals surface area contributed by atoms with Crippen LogP contribution in [0.1, 0.15) is 17.2 Å². The molecule has 0 amide bonds. The Hall–Kier alpha value is -3.13. The van der Waals surface area contributed by atoms with Gasteiger partial charge >= 0.3 is 0 Å². The van der Waals surface area contributed by atoms with Gasteiger partial charge in [0, 0.05) is 11.7 Å². The molecule has 166 valence electrons. The standard InChI is InChI=1S/C25H25NO5S/c1-18-10-12-22(13-11-18)32(28,29)31-17-24(27)25(20-7-5-8-21(16-20)30-2)26-15-14-19-6-3-4-9-23(19)26/h3-16,24-25,27H,17H2,1-2H3/t24-,25+/m1/s1. The molecule has 2 atom stereocenters. The average Bonchev–Trinajstić information content (AvgIpc) is 3.22. The second kappa shape index (κ2) is 9.16. The Balaban J connectivity index is 1.67. The molecule has 6 nitrogen and oxygen atoms in total. The van der Waals surface area contributed by atoms with Crippen molar-refractivity contribution < 1.29 is 22.4 Å². The number of ether oxygens (including phenoxy) is 1. The minimum absolute atomic E-state index is 0.0552. The first kappa shape index (κ1) is 22.1. The molecule has 1 aromatic heterocycles. The number of hydrogen-bond donors (Lipinski definition) is 1. The second-order valence-corrected chi connectivity index (χ2v) is 9.24. The van der Waals surface area contributed by atoms with E-state index in [9.17, 15) is 13.5 Å². The molecule has 3 aromatic carbocycles. The van der Waals surface area contributed by atoms with Crippen molar-refractivity contribution in [3.05, 3.63) is 96.2 Å². The number of benzene rings is 3. The SMILES string of the molecule is COc1cccc([C@@H]([C@H](O)COS(=O)(=O)c2ccc(C)cc2)n2ccc3ccccc32)c1. The highest BCUT2D eigenvalue weighted by molar-refractivity contribution is 7.86. The number of para-hydroxylation sites is 1. The highest BCUT2D eigenvalue weighted by atomic mass is 32.2. The predicted molar refractivity (Wildman–Crippen MR) is 123 cm³/mol. The van der Waals surface area contributed by atoms with Crippen LogP contribution in [0, 0.1) is 6.92 Å². The van der Waals surface area contributed by atoms with Crippen LogP contribution in [-0.4, -0.2) is 37.9 Å². The van der Waals surface area contributed by atoms with Crippen molar-refractivity contribution in [2.45, 2.75) is 24.0 Å². The maximum absolute atomic E-state index is 12.6. The van der Waals surface area contributed by atoms with Crippen molar-refractivity contribution in [1.29, 1.82) is 0 Å².